The molecule has 0 spiro atoms. The summed E-state index contributed by atoms with van der Waals surface area (Å²) in [4.78, 5) is 22.7. The van der Waals surface area contributed by atoms with Crippen LogP contribution in [0.2, 0.25) is 5.02 Å². The quantitative estimate of drug-likeness (QED) is 0.722. The molecule has 1 rings (SSSR count). The average Bonchev–Trinajstić information content (AvgIpc) is 2.45. The molecule has 1 aromatic rings. The molecule has 0 radical (unpaired) electrons. The first-order valence-corrected chi connectivity index (χ1v) is 7.33. The number of benzene rings is 1. The van der Waals surface area contributed by atoms with E-state index in [1.807, 2.05) is 19.9 Å². The van der Waals surface area contributed by atoms with E-state index in [1.165, 1.54) is 0 Å². The summed E-state index contributed by atoms with van der Waals surface area (Å²) in [7, 11) is 0. The van der Waals surface area contributed by atoms with Gasteiger partial charge in [-0.1, -0.05) is 11.6 Å². The highest BCUT2D eigenvalue weighted by Gasteiger charge is 2.05. The summed E-state index contributed by atoms with van der Waals surface area (Å²) in [5.41, 5.74) is 0.953. The predicted octanol–water partition coefficient (Wildman–Crippen LogP) is 2.06. The summed E-state index contributed by atoms with van der Waals surface area (Å²) in [6.45, 7) is 4.75. The van der Waals surface area contributed by atoms with Crippen LogP contribution in [0.25, 0.3) is 0 Å². The number of carbonyl (C=O) groups is 2. The second kappa shape index (κ2) is 9.23. The van der Waals surface area contributed by atoms with Gasteiger partial charge in [-0.25, -0.2) is 0 Å². The lowest BCUT2D eigenvalue weighted by Crippen LogP contribution is -2.36. The van der Waals surface area contributed by atoms with Crippen molar-refractivity contribution in [1.82, 2.24) is 10.6 Å². The van der Waals surface area contributed by atoms with E-state index in [0.29, 0.717) is 31.0 Å². The molecule has 0 atom stereocenters. The van der Waals surface area contributed by atoms with E-state index < -0.39 is 0 Å². The van der Waals surface area contributed by atoms with Crippen molar-refractivity contribution in [3.63, 3.8) is 0 Å². The maximum Gasteiger partial charge on any atom is 0.239 e. The number of amides is 2. The van der Waals surface area contributed by atoms with Crippen molar-refractivity contribution >= 4 is 23.4 Å². The highest BCUT2D eigenvalue weighted by molar-refractivity contribution is 6.31. The van der Waals surface area contributed by atoms with Crippen LogP contribution in [-0.2, 0) is 9.59 Å². The molecule has 0 aliphatic carbocycles. The summed E-state index contributed by atoms with van der Waals surface area (Å²) in [5.74, 6) is 0.399. The van der Waals surface area contributed by atoms with Gasteiger partial charge in [0.1, 0.15) is 5.75 Å². The summed E-state index contributed by atoms with van der Waals surface area (Å²) >= 11 is 5.93. The van der Waals surface area contributed by atoms with Crippen molar-refractivity contribution < 1.29 is 14.3 Å². The first-order chi connectivity index (χ1) is 10.0. The third-order valence-corrected chi connectivity index (χ3v) is 3.19. The smallest absolute Gasteiger partial charge is 0.239 e. The van der Waals surface area contributed by atoms with Crippen LogP contribution in [0.1, 0.15) is 25.3 Å². The molecule has 0 unspecified atom stereocenters. The molecule has 0 aromatic heterocycles. The van der Waals surface area contributed by atoms with E-state index in [1.54, 1.807) is 12.1 Å². The molecule has 2 amide bonds. The summed E-state index contributed by atoms with van der Waals surface area (Å²) in [6.07, 6.45) is 0.912. The number of hydrogen-bond donors (Lipinski definition) is 2. The normalized spacial score (nSPS) is 10.0. The fourth-order valence-electron chi connectivity index (χ4n) is 1.66. The topological polar surface area (TPSA) is 67.4 Å². The van der Waals surface area contributed by atoms with E-state index in [9.17, 15) is 9.59 Å². The lowest BCUT2D eigenvalue weighted by molar-refractivity contribution is -0.126. The zero-order valence-electron chi connectivity index (χ0n) is 12.4. The second-order valence-corrected chi connectivity index (χ2v) is 5.00. The molecule has 6 heteroatoms. The highest BCUT2D eigenvalue weighted by atomic mass is 35.5. The molecule has 5 nitrogen and oxygen atoms in total. The van der Waals surface area contributed by atoms with Crippen LogP contribution in [0.3, 0.4) is 0 Å². The average molecular weight is 313 g/mol. The van der Waals surface area contributed by atoms with Gasteiger partial charge in [0.15, 0.2) is 0 Å². The van der Waals surface area contributed by atoms with Crippen LogP contribution in [0.5, 0.6) is 5.75 Å². The minimum atomic E-state index is -0.182. The third-order valence-electron chi connectivity index (χ3n) is 2.77. The fourth-order valence-corrected chi connectivity index (χ4v) is 1.77. The molecule has 0 fully saturated rings. The van der Waals surface area contributed by atoms with Gasteiger partial charge in [-0.15, -0.1) is 0 Å². The van der Waals surface area contributed by atoms with Crippen molar-refractivity contribution in [2.24, 2.45) is 0 Å². The van der Waals surface area contributed by atoms with Gasteiger partial charge in [0, 0.05) is 18.0 Å². The molecule has 0 bridgehead atoms. The zero-order valence-corrected chi connectivity index (χ0v) is 13.1. The second-order valence-electron chi connectivity index (χ2n) is 4.59. The molecular formula is C15H21ClN2O3. The van der Waals surface area contributed by atoms with E-state index in [4.69, 9.17) is 16.3 Å². The van der Waals surface area contributed by atoms with Crippen LogP contribution in [-0.4, -0.2) is 31.5 Å². The molecule has 0 aliphatic heterocycles. The number of nitrogens with one attached hydrogen (secondary N) is 2. The first kappa shape index (κ1) is 17.3. The minimum absolute atomic E-state index is 0.0178. The molecule has 1 aromatic carbocycles. The summed E-state index contributed by atoms with van der Waals surface area (Å²) < 4.78 is 5.54. The number of rotatable bonds is 8. The number of hydrogen-bond acceptors (Lipinski definition) is 3. The summed E-state index contributed by atoms with van der Waals surface area (Å²) in [5, 5.41) is 5.87. The fraction of sp³-hybridized carbons (Fsp3) is 0.467. The van der Waals surface area contributed by atoms with Gasteiger partial charge < -0.3 is 15.4 Å². The van der Waals surface area contributed by atoms with Gasteiger partial charge in [0.25, 0.3) is 0 Å². The SMILES string of the molecule is CCNC(=O)CNC(=O)CCCOc1ccc(Cl)c(C)c1. The van der Waals surface area contributed by atoms with Crippen LogP contribution >= 0.6 is 11.6 Å². The Morgan fingerprint density at radius 3 is 2.67 bits per heavy atom. The molecule has 116 valence electrons. The molecular weight excluding hydrogens is 292 g/mol. The van der Waals surface area contributed by atoms with Gasteiger partial charge in [-0.3, -0.25) is 9.59 Å². The van der Waals surface area contributed by atoms with Crippen molar-refractivity contribution in [1.29, 1.82) is 0 Å². The van der Waals surface area contributed by atoms with Gasteiger partial charge in [0.2, 0.25) is 11.8 Å². The monoisotopic (exact) mass is 312 g/mol. The molecule has 0 saturated carbocycles. The third kappa shape index (κ3) is 6.99. The standard InChI is InChI=1S/C15H21ClN2O3/c1-3-17-15(20)10-18-14(19)5-4-8-21-12-6-7-13(16)11(2)9-12/h6-7,9H,3-5,8,10H2,1-2H3,(H,17,20)(H,18,19). The van der Waals surface area contributed by atoms with Crippen molar-refractivity contribution in [2.45, 2.75) is 26.7 Å². The molecule has 2 N–H and O–H groups in total. The Kier molecular flexibility index (Phi) is 7.61. The molecule has 0 saturated heterocycles. The van der Waals surface area contributed by atoms with Gasteiger partial charge in [-0.2, -0.15) is 0 Å². The number of halogens is 1. The summed E-state index contributed by atoms with van der Waals surface area (Å²) in [6, 6.07) is 5.44. The zero-order chi connectivity index (χ0) is 15.7. The minimum Gasteiger partial charge on any atom is -0.494 e. The van der Waals surface area contributed by atoms with Crippen LogP contribution in [0, 0.1) is 6.92 Å². The Morgan fingerprint density at radius 2 is 2.00 bits per heavy atom. The largest absolute Gasteiger partial charge is 0.494 e. The Hall–Kier alpha value is -1.75. The number of ether oxygens (including phenoxy) is 1. The Morgan fingerprint density at radius 1 is 1.24 bits per heavy atom. The molecule has 0 heterocycles. The van der Waals surface area contributed by atoms with Crippen LogP contribution in [0.15, 0.2) is 18.2 Å². The number of aryl methyl sites for hydroxylation is 1. The van der Waals surface area contributed by atoms with Crippen molar-refractivity contribution in [3.8, 4) is 5.75 Å². The molecule has 21 heavy (non-hydrogen) atoms. The van der Waals surface area contributed by atoms with Gasteiger partial charge in [0.05, 0.1) is 13.2 Å². The lowest BCUT2D eigenvalue weighted by Gasteiger charge is -2.08. The predicted molar refractivity (Wildman–Crippen MR) is 82.6 cm³/mol. The maximum absolute atomic E-state index is 11.5. The van der Waals surface area contributed by atoms with Gasteiger partial charge >= 0.3 is 0 Å². The number of likely N-dealkylation sites (N-methyl/N-ethyl adjacent to an activating group) is 1. The van der Waals surface area contributed by atoms with E-state index >= 15 is 0 Å². The Labute approximate surface area is 130 Å². The molecule has 0 aliphatic rings. The van der Waals surface area contributed by atoms with E-state index in [0.717, 1.165) is 11.3 Å². The van der Waals surface area contributed by atoms with Crippen LogP contribution in [0.4, 0.5) is 0 Å². The van der Waals surface area contributed by atoms with Crippen molar-refractivity contribution in [3.05, 3.63) is 28.8 Å². The Bertz CT molecular complexity index is 492. The van der Waals surface area contributed by atoms with E-state index in [2.05, 4.69) is 10.6 Å². The number of carbonyl (C=O) groups excluding carboxylic acids is 2. The van der Waals surface area contributed by atoms with Crippen LogP contribution < -0.4 is 15.4 Å². The first-order valence-electron chi connectivity index (χ1n) is 6.95. The Balaban J connectivity index is 2.17. The highest BCUT2D eigenvalue weighted by Crippen LogP contribution is 2.21. The van der Waals surface area contributed by atoms with Crippen molar-refractivity contribution in [2.75, 3.05) is 19.7 Å². The van der Waals surface area contributed by atoms with E-state index in [-0.39, 0.29) is 18.4 Å². The van der Waals surface area contributed by atoms with Gasteiger partial charge in [-0.05, 0) is 44.0 Å². The maximum atomic E-state index is 11.5. The lowest BCUT2D eigenvalue weighted by atomic mass is 10.2.